The number of nitrogens with zero attached hydrogens (tertiary/aromatic N) is 2. The normalized spacial score (nSPS) is 11.9. The number of nitrogens with one attached hydrogen (secondary N) is 1. The van der Waals surface area contributed by atoms with Crippen LogP contribution in [0.15, 0.2) is 36.9 Å². The second-order valence-corrected chi connectivity index (χ2v) is 4.61. The van der Waals surface area contributed by atoms with Gasteiger partial charge in [-0.15, -0.1) is 6.58 Å². The zero-order valence-electron chi connectivity index (χ0n) is 11.5. The molecule has 0 spiro atoms. The molecular weight excluding hydrogens is 274 g/mol. The Kier molecular flexibility index (Phi) is 4.57. The average molecular weight is 291 g/mol. The average Bonchev–Trinajstić information content (AvgIpc) is 2.82. The molecule has 0 saturated carbocycles. The van der Waals surface area contributed by atoms with Crippen LogP contribution in [-0.2, 0) is 6.54 Å². The van der Waals surface area contributed by atoms with Crippen molar-refractivity contribution in [3.63, 3.8) is 0 Å². The highest BCUT2D eigenvalue weighted by Crippen LogP contribution is 2.23. The van der Waals surface area contributed by atoms with Gasteiger partial charge >= 0.3 is 0 Å². The van der Waals surface area contributed by atoms with Crippen LogP contribution in [0, 0.1) is 4.77 Å². The van der Waals surface area contributed by atoms with E-state index in [1.165, 1.54) is 0 Å². The molecule has 0 fully saturated rings. The van der Waals surface area contributed by atoms with E-state index < -0.39 is 0 Å². The Morgan fingerprint density at radius 2 is 2.05 bits per heavy atom. The third-order valence-corrected chi connectivity index (χ3v) is 3.15. The Labute approximate surface area is 122 Å². The maximum atomic E-state index is 5.86. The molecule has 1 N–H and O–H groups in total. The van der Waals surface area contributed by atoms with Gasteiger partial charge in [0.2, 0.25) is 0 Å². The molecule has 1 aromatic carbocycles. The first-order valence-electron chi connectivity index (χ1n) is 6.22. The lowest BCUT2D eigenvalue weighted by Gasteiger charge is -2.15. The fourth-order valence-corrected chi connectivity index (χ4v) is 2.07. The van der Waals surface area contributed by atoms with Crippen molar-refractivity contribution in [2.24, 2.45) is 0 Å². The first-order valence-corrected chi connectivity index (χ1v) is 6.63. The van der Waals surface area contributed by atoms with Gasteiger partial charge in [-0.3, -0.25) is 9.67 Å². The first kappa shape index (κ1) is 14.3. The van der Waals surface area contributed by atoms with E-state index in [1.54, 1.807) is 13.2 Å². The summed E-state index contributed by atoms with van der Waals surface area (Å²) in [4.78, 5) is 0. The summed E-state index contributed by atoms with van der Waals surface area (Å²) in [6, 6.07) is 7.41. The van der Waals surface area contributed by atoms with Gasteiger partial charge in [-0.05, 0) is 43.4 Å². The molecule has 1 aromatic heterocycles. The molecule has 1 atom stereocenters. The van der Waals surface area contributed by atoms with Crippen LogP contribution in [0.5, 0.6) is 11.5 Å². The highest BCUT2D eigenvalue weighted by atomic mass is 32.1. The molecule has 20 heavy (non-hydrogen) atoms. The lowest BCUT2D eigenvalue weighted by molar-refractivity contribution is 0.211. The van der Waals surface area contributed by atoms with Gasteiger partial charge in [0.25, 0.3) is 0 Å². The number of aromatic nitrogens is 3. The van der Waals surface area contributed by atoms with Crippen molar-refractivity contribution in [2.75, 3.05) is 7.11 Å². The zero-order chi connectivity index (χ0) is 14.5. The van der Waals surface area contributed by atoms with Gasteiger partial charge in [-0.1, -0.05) is 6.08 Å². The van der Waals surface area contributed by atoms with Crippen LogP contribution in [0.4, 0.5) is 0 Å². The third kappa shape index (κ3) is 3.08. The van der Waals surface area contributed by atoms with E-state index in [0.29, 0.717) is 11.3 Å². The third-order valence-electron chi connectivity index (χ3n) is 2.84. The van der Waals surface area contributed by atoms with E-state index in [0.717, 1.165) is 17.3 Å². The van der Waals surface area contributed by atoms with Crippen molar-refractivity contribution < 1.29 is 9.47 Å². The molecular formula is C14H17N3O2S. The summed E-state index contributed by atoms with van der Waals surface area (Å²) < 4.78 is 13.4. The second kappa shape index (κ2) is 6.38. The molecule has 0 bridgehead atoms. The summed E-state index contributed by atoms with van der Waals surface area (Å²) in [5, 5.41) is 6.99. The number of allylic oxidation sites excluding steroid dienone is 1. The minimum absolute atomic E-state index is 0.226. The highest BCUT2D eigenvalue weighted by molar-refractivity contribution is 7.71. The van der Waals surface area contributed by atoms with E-state index in [9.17, 15) is 0 Å². The Morgan fingerprint density at radius 1 is 1.40 bits per heavy atom. The Hall–Kier alpha value is -2.08. The van der Waals surface area contributed by atoms with Crippen LogP contribution in [0.1, 0.15) is 18.9 Å². The Morgan fingerprint density at radius 3 is 2.65 bits per heavy atom. The van der Waals surface area contributed by atoms with Gasteiger partial charge in [0, 0.05) is 6.54 Å². The topological polar surface area (TPSA) is 52.1 Å². The summed E-state index contributed by atoms with van der Waals surface area (Å²) in [6.07, 6.45) is 1.55. The Balaban J connectivity index is 2.16. The van der Waals surface area contributed by atoms with Crippen LogP contribution in [0.25, 0.3) is 0 Å². The lowest BCUT2D eigenvalue weighted by atomic mass is 10.3. The molecule has 2 aromatic rings. The maximum Gasteiger partial charge on any atom is 0.195 e. The second-order valence-electron chi connectivity index (χ2n) is 4.22. The zero-order valence-corrected chi connectivity index (χ0v) is 12.3. The first-order chi connectivity index (χ1) is 9.65. The van der Waals surface area contributed by atoms with Crippen LogP contribution < -0.4 is 9.47 Å². The van der Waals surface area contributed by atoms with Crippen molar-refractivity contribution in [2.45, 2.75) is 19.6 Å². The summed E-state index contributed by atoms with van der Waals surface area (Å²) in [7, 11) is 1.63. The minimum atomic E-state index is -0.226. The molecule has 2 rings (SSSR count). The molecule has 6 heteroatoms. The van der Waals surface area contributed by atoms with Gasteiger partial charge in [0.05, 0.1) is 7.11 Å². The summed E-state index contributed by atoms with van der Waals surface area (Å²) in [5.41, 5.74) is 0. The number of hydrogen-bond acceptors (Lipinski definition) is 4. The molecule has 0 amide bonds. The number of methoxy groups -OCH3 is 1. The number of aromatic amines is 1. The number of benzene rings is 1. The highest BCUT2D eigenvalue weighted by Gasteiger charge is 2.15. The standard InChI is InChI=1S/C14H17N3O2S/c1-4-9-17-13(15-16-14(17)20)10(2)19-12-7-5-11(18-3)6-8-12/h4-8,10H,1,9H2,2-3H3,(H,16,20). The monoisotopic (exact) mass is 291 g/mol. The largest absolute Gasteiger partial charge is 0.497 e. The van der Waals surface area contributed by atoms with E-state index in [2.05, 4.69) is 16.8 Å². The number of ether oxygens (including phenoxy) is 2. The SMILES string of the molecule is C=CCn1c(C(C)Oc2ccc(OC)cc2)n[nH]c1=S. The van der Waals surface area contributed by atoms with Gasteiger partial charge in [-0.2, -0.15) is 5.10 Å². The fourth-order valence-electron chi connectivity index (χ4n) is 1.86. The summed E-state index contributed by atoms with van der Waals surface area (Å²) in [6.45, 7) is 6.24. The van der Waals surface area contributed by atoms with Crippen molar-refractivity contribution in [3.05, 3.63) is 47.5 Å². The molecule has 1 heterocycles. The van der Waals surface area contributed by atoms with Crippen molar-refractivity contribution in [3.8, 4) is 11.5 Å². The molecule has 1 unspecified atom stereocenters. The summed E-state index contributed by atoms with van der Waals surface area (Å²) >= 11 is 5.18. The van der Waals surface area contributed by atoms with E-state index in [-0.39, 0.29) is 6.10 Å². The van der Waals surface area contributed by atoms with Gasteiger partial charge in [0.1, 0.15) is 11.5 Å². The van der Waals surface area contributed by atoms with Crippen molar-refractivity contribution in [1.29, 1.82) is 0 Å². The predicted molar refractivity (Wildman–Crippen MR) is 79.6 cm³/mol. The predicted octanol–water partition coefficient (Wildman–Crippen LogP) is 3.28. The lowest BCUT2D eigenvalue weighted by Crippen LogP contribution is -2.11. The van der Waals surface area contributed by atoms with Gasteiger partial charge in [0.15, 0.2) is 16.7 Å². The molecule has 0 aliphatic rings. The molecule has 0 saturated heterocycles. The van der Waals surface area contributed by atoms with Crippen molar-refractivity contribution >= 4 is 12.2 Å². The van der Waals surface area contributed by atoms with Crippen LogP contribution >= 0.6 is 12.2 Å². The number of rotatable bonds is 6. The van der Waals surface area contributed by atoms with Crippen molar-refractivity contribution in [1.82, 2.24) is 14.8 Å². The molecule has 5 nitrogen and oxygen atoms in total. The number of H-pyrrole nitrogens is 1. The van der Waals surface area contributed by atoms with Crippen LogP contribution in [0.3, 0.4) is 0 Å². The van der Waals surface area contributed by atoms with Gasteiger partial charge < -0.3 is 9.47 Å². The van der Waals surface area contributed by atoms with E-state index in [1.807, 2.05) is 35.8 Å². The molecule has 0 aliphatic heterocycles. The van der Waals surface area contributed by atoms with Crippen LogP contribution in [0.2, 0.25) is 0 Å². The summed E-state index contributed by atoms with van der Waals surface area (Å²) in [5.74, 6) is 2.28. The van der Waals surface area contributed by atoms with E-state index >= 15 is 0 Å². The maximum absolute atomic E-state index is 5.86. The van der Waals surface area contributed by atoms with Gasteiger partial charge in [-0.25, -0.2) is 0 Å². The van der Waals surface area contributed by atoms with E-state index in [4.69, 9.17) is 21.7 Å². The smallest absolute Gasteiger partial charge is 0.195 e. The minimum Gasteiger partial charge on any atom is -0.497 e. The number of hydrogen-bond donors (Lipinski definition) is 1. The molecule has 106 valence electrons. The quantitative estimate of drug-likeness (QED) is 0.655. The Bertz CT molecular complexity index is 631. The molecule has 0 radical (unpaired) electrons. The molecule has 0 aliphatic carbocycles. The fraction of sp³-hybridized carbons (Fsp3) is 0.286. The van der Waals surface area contributed by atoms with Crippen LogP contribution in [-0.4, -0.2) is 21.9 Å².